The molecule has 5 heterocycles. The zero-order chi connectivity index (χ0) is 33.7. The zero-order valence-corrected chi connectivity index (χ0v) is 27.3. The molecular weight excluding hydrogens is 643 g/mol. The van der Waals surface area contributed by atoms with Crippen LogP contribution >= 0.6 is 0 Å². The van der Waals surface area contributed by atoms with Gasteiger partial charge in [0.1, 0.15) is 39.1 Å². The fourth-order valence-electron chi connectivity index (χ4n) is 8.82. The summed E-state index contributed by atoms with van der Waals surface area (Å²) < 4.78 is 21.5. The first-order chi connectivity index (χ1) is 25.8. The van der Waals surface area contributed by atoms with Crippen LogP contribution in [0, 0.1) is 0 Å². The SMILES string of the molecule is c1ccc2c(c1)oc1ccc(-c3nc4c(nc3-n3c5cccc6c7ccccc7c7cccc8oc9ccc3c(c9c87)c65)oc3ccccc34)cc12. The quantitative estimate of drug-likeness (QED) is 0.184. The maximum atomic E-state index is 6.60. The number of nitrogens with zero attached hydrogens (tertiary/aromatic N) is 3. The third kappa shape index (κ3) is 3.25. The molecule has 5 aromatic heterocycles. The predicted octanol–water partition coefficient (Wildman–Crippen LogP) is 12.7. The summed E-state index contributed by atoms with van der Waals surface area (Å²) >= 11 is 0. The molecule has 0 spiro atoms. The van der Waals surface area contributed by atoms with Gasteiger partial charge in [-0.1, -0.05) is 78.9 Å². The molecule has 6 nitrogen and oxygen atoms in total. The molecule has 8 aromatic carbocycles. The van der Waals surface area contributed by atoms with E-state index in [1.165, 1.54) is 21.5 Å². The molecule has 0 saturated heterocycles. The lowest BCUT2D eigenvalue weighted by atomic mass is 9.95. The van der Waals surface area contributed by atoms with E-state index in [0.717, 1.165) is 93.4 Å². The van der Waals surface area contributed by atoms with Gasteiger partial charge in [0, 0.05) is 43.3 Å². The van der Waals surface area contributed by atoms with Crippen molar-refractivity contribution in [3.05, 3.63) is 140 Å². The van der Waals surface area contributed by atoms with Gasteiger partial charge in [0.25, 0.3) is 0 Å². The molecule has 0 bridgehead atoms. The highest BCUT2D eigenvalue weighted by atomic mass is 16.3. The molecule has 0 aliphatic heterocycles. The second-order valence-corrected chi connectivity index (χ2v) is 13.7. The van der Waals surface area contributed by atoms with Crippen molar-refractivity contribution in [3.63, 3.8) is 0 Å². The standard InChI is InChI=1S/C46H23N3O3/c1-2-10-26-25(9-1)28-13-7-15-32-39(28)41-33(20-22-38-42(41)40-29(26)14-8-18-37(40)51-38)49(32)45-43(47-44-30-12-4-6-17-35(30)52-46(44)48-45)24-19-21-36-31(23-24)27-11-3-5-16-34(27)50-36/h1-23H. The molecule has 0 aliphatic carbocycles. The molecule has 0 atom stereocenters. The summed E-state index contributed by atoms with van der Waals surface area (Å²) in [6.45, 7) is 0. The van der Waals surface area contributed by atoms with E-state index in [-0.39, 0.29) is 0 Å². The Morgan fingerprint density at radius 3 is 1.83 bits per heavy atom. The van der Waals surface area contributed by atoms with Crippen molar-refractivity contribution in [3.8, 4) is 17.1 Å². The fourth-order valence-corrected chi connectivity index (χ4v) is 8.82. The van der Waals surface area contributed by atoms with Crippen LogP contribution in [-0.2, 0) is 0 Å². The average Bonchev–Trinajstić information content (AvgIpc) is 3.94. The highest BCUT2D eigenvalue weighted by Gasteiger charge is 2.26. The molecule has 13 rings (SSSR count). The molecule has 0 fully saturated rings. The van der Waals surface area contributed by atoms with Crippen molar-refractivity contribution in [2.75, 3.05) is 0 Å². The summed E-state index contributed by atoms with van der Waals surface area (Å²) in [4.78, 5) is 10.8. The Hall–Kier alpha value is -7.18. The van der Waals surface area contributed by atoms with Crippen LogP contribution in [0.25, 0.3) is 127 Å². The molecule has 0 N–H and O–H groups in total. The number of hydrogen-bond acceptors (Lipinski definition) is 5. The highest BCUT2D eigenvalue weighted by Crippen LogP contribution is 2.48. The number of fused-ring (bicyclic) bond motifs is 9. The van der Waals surface area contributed by atoms with Gasteiger partial charge in [-0.3, -0.25) is 4.57 Å². The van der Waals surface area contributed by atoms with Gasteiger partial charge in [0.15, 0.2) is 5.82 Å². The first-order valence-electron chi connectivity index (χ1n) is 17.4. The Bertz CT molecular complexity index is 3650. The van der Waals surface area contributed by atoms with E-state index < -0.39 is 0 Å². The second-order valence-electron chi connectivity index (χ2n) is 13.7. The van der Waals surface area contributed by atoms with Crippen LogP contribution in [0.1, 0.15) is 0 Å². The minimum absolute atomic E-state index is 0.493. The van der Waals surface area contributed by atoms with Gasteiger partial charge in [-0.05, 0) is 82.2 Å². The van der Waals surface area contributed by atoms with Crippen LogP contribution in [0.5, 0.6) is 0 Å². The molecule has 240 valence electrons. The van der Waals surface area contributed by atoms with Crippen LogP contribution in [0.4, 0.5) is 0 Å². The molecule has 0 saturated carbocycles. The van der Waals surface area contributed by atoms with E-state index in [4.69, 9.17) is 23.2 Å². The lowest BCUT2D eigenvalue weighted by Gasteiger charge is -2.12. The Morgan fingerprint density at radius 2 is 0.981 bits per heavy atom. The number of aromatic nitrogens is 3. The maximum absolute atomic E-state index is 6.60. The summed E-state index contributed by atoms with van der Waals surface area (Å²) in [5.41, 5.74) is 9.14. The molecule has 0 radical (unpaired) electrons. The average molecular weight is 666 g/mol. The number of furan rings is 3. The van der Waals surface area contributed by atoms with Crippen molar-refractivity contribution in [2.45, 2.75) is 0 Å². The van der Waals surface area contributed by atoms with Crippen molar-refractivity contribution < 1.29 is 13.3 Å². The van der Waals surface area contributed by atoms with E-state index in [1.807, 2.05) is 48.5 Å². The van der Waals surface area contributed by atoms with Gasteiger partial charge in [-0.15, -0.1) is 0 Å². The van der Waals surface area contributed by atoms with Crippen LogP contribution in [0.15, 0.2) is 153 Å². The number of para-hydroxylation sites is 2. The summed E-state index contributed by atoms with van der Waals surface area (Å²) in [7, 11) is 0. The minimum Gasteiger partial charge on any atom is -0.456 e. The van der Waals surface area contributed by atoms with Crippen molar-refractivity contribution in [2.24, 2.45) is 0 Å². The number of benzene rings is 7. The monoisotopic (exact) mass is 665 g/mol. The van der Waals surface area contributed by atoms with Crippen molar-refractivity contribution in [1.29, 1.82) is 0 Å². The van der Waals surface area contributed by atoms with Crippen molar-refractivity contribution in [1.82, 2.24) is 14.5 Å². The lowest BCUT2D eigenvalue weighted by Crippen LogP contribution is -2.03. The fraction of sp³-hybridized carbons (Fsp3) is 0. The Morgan fingerprint density at radius 1 is 0.385 bits per heavy atom. The Balaban J connectivity index is 1.25. The van der Waals surface area contributed by atoms with Crippen LogP contribution in [0.2, 0.25) is 0 Å². The summed E-state index contributed by atoms with van der Waals surface area (Å²) in [5, 5.41) is 12.2. The number of rotatable bonds is 2. The smallest absolute Gasteiger partial charge is 0.248 e. The summed E-state index contributed by atoms with van der Waals surface area (Å²) in [6.07, 6.45) is 0. The third-order valence-corrected chi connectivity index (χ3v) is 11.0. The molecule has 13 aromatic rings. The van der Waals surface area contributed by atoms with Crippen LogP contribution in [0.3, 0.4) is 0 Å². The lowest BCUT2D eigenvalue weighted by molar-refractivity contribution is 0.652. The molecule has 52 heavy (non-hydrogen) atoms. The molecule has 0 aliphatic rings. The van der Waals surface area contributed by atoms with E-state index in [0.29, 0.717) is 11.5 Å². The van der Waals surface area contributed by atoms with Gasteiger partial charge >= 0.3 is 0 Å². The first kappa shape index (κ1) is 26.7. The molecular formula is C46H23N3O3. The summed E-state index contributed by atoms with van der Waals surface area (Å²) in [6, 6.07) is 48.4. The molecule has 0 amide bonds. The predicted molar refractivity (Wildman–Crippen MR) is 210 cm³/mol. The maximum Gasteiger partial charge on any atom is 0.248 e. The highest BCUT2D eigenvalue weighted by molar-refractivity contribution is 6.38. The molecule has 6 heteroatoms. The van der Waals surface area contributed by atoms with Crippen LogP contribution in [-0.4, -0.2) is 14.5 Å². The van der Waals surface area contributed by atoms with Gasteiger partial charge in [-0.25, -0.2) is 4.98 Å². The Labute approximate surface area is 293 Å². The van der Waals surface area contributed by atoms with Gasteiger partial charge < -0.3 is 13.3 Å². The topological polar surface area (TPSA) is 70.1 Å². The second kappa shape index (κ2) is 9.33. The normalized spacial score (nSPS) is 12.6. The van der Waals surface area contributed by atoms with E-state index >= 15 is 0 Å². The van der Waals surface area contributed by atoms with Crippen LogP contribution < -0.4 is 0 Å². The first-order valence-corrected chi connectivity index (χ1v) is 17.4. The third-order valence-electron chi connectivity index (χ3n) is 11.0. The number of hydrogen-bond donors (Lipinski definition) is 0. The zero-order valence-electron chi connectivity index (χ0n) is 27.3. The molecule has 0 unspecified atom stereocenters. The largest absolute Gasteiger partial charge is 0.456 e. The van der Waals surface area contributed by atoms with E-state index in [1.54, 1.807) is 0 Å². The summed E-state index contributed by atoms with van der Waals surface area (Å²) in [5.74, 6) is 0.691. The van der Waals surface area contributed by atoms with Gasteiger partial charge in [0.2, 0.25) is 5.71 Å². The van der Waals surface area contributed by atoms with Gasteiger partial charge in [-0.2, -0.15) is 4.98 Å². The minimum atomic E-state index is 0.493. The van der Waals surface area contributed by atoms with Crippen molar-refractivity contribution >= 4 is 109 Å². The van der Waals surface area contributed by atoms with Gasteiger partial charge in [0.05, 0.1) is 11.0 Å². The van der Waals surface area contributed by atoms with E-state index in [2.05, 4.69) is 95.6 Å². The Kier molecular flexibility index (Phi) is 4.78. The van der Waals surface area contributed by atoms with E-state index in [9.17, 15) is 0 Å².